The van der Waals surface area contributed by atoms with Gasteiger partial charge in [0.1, 0.15) is 0 Å². The van der Waals surface area contributed by atoms with Crippen molar-refractivity contribution in [3.8, 4) is 0 Å². The number of hydrogen-bond acceptors (Lipinski definition) is 3. The summed E-state index contributed by atoms with van der Waals surface area (Å²) in [6, 6.07) is 0.253. The van der Waals surface area contributed by atoms with Gasteiger partial charge in [-0.1, -0.05) is 0 Å². The van der Waals surface area contributed by atoms with Gasteiger partial charge in [-0.05, 0) is 57.9 Å². The third-order valence-corrected chi connectivity index (χ3v) is 4.24. The van der Waals surface area contributed by atoms with Crippen molar-refractivity contribution in [1.29, 1.82) is 0 Å². The van der Waals surface area contributed by atoms with Gasteiger partial charge in [0, 0.05) is 26.1 Å². The molecule has 1 fully saturated rings. The molecule has 1 rings (SSSR count). The molecule has 1 amide bonds. The van der Waals surface area contributed by atoms with Crippen molar-refractivity contribution >= 4 is 5.91 Å². The van der Waals surface area contributed by atoms with Crippen LogP contribution in [0.1, 0.15) is 46.0 Å². The molecular weight excluding hydrogens is 240 g/mol. The van der Waals surface area contributed by atoms with Crippen molar-refractivity contribution in [3.63, 3.8) is 0 Å². The first-order valence-electron chi connectivity index (χ1n) is 7.57. The van der Waals surface area contributed by atoms with Gasteiger partial charge in [0.05, 0.1) is 6.61 Å². The minimum atomic E-state index is 0.253. The highest BCUT2D eigenvalue weighted by Crippen LogP contribution is 2.30. The van der Waals surface area contributed by atoms with Crippen LogP contribution in [-0.2, 0) is 9.53 Å². The Balaban J connectivity index is 2.39. The molecule has 19 heavy (non-hydrogen) atoms. The molecule has 2 N–H and O–H groups in total. The molecule has 0 bridgehead atoms. The lowest BCUT2D eigenvalue weighted by Crippen LogP contribution is -2.40. The first kappa shape index (κ1) is 16.4. The highest BCUT2D eigenvalue weighted by molar-refractivity contribution is 5.76. The van der Waals surface area contributed by atoms with Crippen molar-refractivity contribution in [2.45, 2.75) is 52.0 Å². The van der Waals surface area contributed by atoms with E-state index < -0.39 is 0 Å². The van der Waals surface area contributed by atoms with Gasteiger partial charge in [0.2, 0.25) is 5.91 Å². The maximum Gasteiger partial charge on any atom is 0.223 e. The summed E-state index contributed by atoms with van der Waals surface area (Å²) in [5, 5.41) is 0. The second kappa shape index (κ2) is 8.54. The molecule has 1 saturated carbocycles. The van der Waals surface area contributed by atoms with Crippen molar-refractivity contribution in [3.05, 3.63) is 0 Å². The normalized spacial score (nSPS) is 23.6. The third-order valence-electron chi connectivity index (χ3n) is 4.24. The standard InChI is InChI=1S/C15H30N2O2/c1-12(2)17(8-9-19-3)15(18)10-13-4-6-14(11-16)7-5-13/h12-14H,4-11,16H2,1-3H3. The Hall–Kier alpha value is -0.610. The van der Waals surface area contributed by atoms with Crippen LogP contribution in [0.2, 0.25) is 0 Å². The SMILES string of the molecule is COCCN(C(=O)CC1CCC(CN)CC1)C(C)C. The van der Waals surface area contributed by atoms with E-state index in [0.717, 1.165) is 19.4 Å². The maximum absolute atomic E-state index is 12.4. The lowest BCUT2D eigenvalue weighted by molar-refractivity contribution is -0.134. The number of nitrogens with zero attached hydrogens (tertiary/aromatic N) is 1. The van der Waals surface area contributed by atoms with Gasteiger partial charge < -0.3 is 15.4 Å². The van der Waals surface area contributed by atoms with E-state index in [1.165, 1.54) is 12.8 Å². The highest BCUT2D eigenvalue weighted by atomic mass is 16.5. The fourth-order valence-electron chi connectivity index (χ4n) is 2.90. The van der Waals surface area contributed by atoms with E-state index in [-0.39, 0.29) is 11.9 Å². The third kappa shape index (κ3) is 5.49. The Bertz CT molecular complexity index is 261. The zero-order chi connectivity index (χ0) is 14.3. The van der Waals surface area contributed by atoms with Gasteiger partial charge >= 0.3 is 0 Å². The van der Waals surface area contributed by atoms with Crippen LogP contribution < -0.4 is 5.73 Å². The van der Waals surface area contributed by atoms with Crippen LogP contribution >= 0.6 is 0 Å². The number of carbonyl (C=O) groups is 1. The minimum absolute atomic E-state index is 0.253. The number of amides is 1. The molecule has 112 valence electrons. The molecule has 0 atom stereocenters. The second-order valence-corrected chi connectivity index (χ2v) is 6.00. The molecule has 1 aliphatic rings. The summed E-state index contributed by atoms with van der Waals surface area (Å²) in [4.78, 5) is 14.3. The predicted molar refractivity (Wildman–Crippen MR) is 77.8 cm³/mol. The lowest BCUT2D eigenvalue weighted by Gasteiger charge is -2.31. The summed E-state index contributed by atoms with van der Waals surface area (Å²) >= 11 is 0. The van der Waals surface area contributed by atoms with Crippen molar-refractivity contribution < 1.29 is 9.53 Å². The van der Waals surface area contributed by atoms with Crippen molar-refractivity contribution in [2.75, 3.05) is 26.8 Å². The summed E-state index contributed by atoms with van der Waals surface area (Å²) in [7, 11) is 1.68. The topological polar surface area (TPSA) is 55.6 Å². The molecule has 0 aromatic rings. The molecule has 1 aliphatic carbocycles. The molecule has 0 unspecified atom stereocenters. The van der Waals surface area contributed by atoms with E-state index in [9.17, 15) is 4.79 Å². The summed E-state index contributed by atoms with van der Waals surface area (Å²) in [5.74, 6) is 1.52. The van der Waals surface area contributed by atoms with Crippen LogP contribution in [0.5, 0.6) is 0 Å². The zero-order valence-electron chi connectivity index (χ0n) is 12.7. The number of methoxy groups -OCH3 is 1. The first-order valence-corrected chi connectivity index (χ1v) is 7.57. The number of nitrogens with two attached hydrogens (primary N) is 1. The Kier molecular flexibility index (Phi) is 7.39. The van der Waals surface area contributed by atoms with E-state index in [1.54, 1.807) is 7.11 Å². The summed E-state index contributed by atoms with van der Waals surface area (Å²) in [6.07, 6.45) is 5.38. The zero-order valence-corrected chi connectivity index (χ0v) is 12.7. The molecule has 0 aromatic carbocycles. The molecule has 0 spiro atoms. The van der Waals surface area contributed by atoms with Gasteiger partial charge in [-0.3, -0.25) is 4.79 Å². The average Bonchev–Trinajstić information content (AvgIpc) is 2.39. The van der Waals surface area contributed by atoms with E-state index in [0.29, 0.717) is 31.4 Å². The van der Waals surface area contributed by atoms with E-state index in [2.05, 4.69) is 13.8 Å². The van der Waals surface area contributed by atoms with Crippen LogP contribution in [0.4, 0.5) is 0 Å². The van der Waals surface area contributed by atoms with Crippen molar-refractivity contribution in [1.82, 2.24) is 4.90 Å². The highest BCUT2D eigenvalue weighted by Gasteiger charge is 2.25. The molecule has 0 radical (unpaired) electrons. The molecule has 4 heteroatoms. The first-order chi connectivity index (χ1) is 9.08. The predicted octanol–water partition coefficient (Wildman–Crippen LogP) is 2.02. The van der Waals surface area contributed by atoms with Crippen LogP contribution in [0.25, 0.3) is 0 Å². The fourth-order valence-corrected chi connectivity index (χ4v) is 2.90. The van der Waals surface area contributed by atoms with E-state index in [1.807, 2.05) is 4.90 Å². The molecule has 0 saturated heterocycles. The van der Waals surface area contributed by atoms with Crippen LogP contribution in [0.3, 0.4) is 0 Å². The summed E-state index contributed by atoms with van der Waals surface area (Å²) < 4.78 is 5.08. The Morgan fingerprint density at radius 1 is 1.26 bits per heavy atom. The molecule has 4 nitrogen and oxygen atoms in total. The van der Waals surface area contributed by atoms with Crippen molar-refractivity contribution in [2.24, 2.45) is 17.6 Å². The maximum atomic E-state index is 12.4. The van der Waals surface area contributed by atoms with Crippen LogP contribution in [0.15, 0.2) is 0 Å². The monoisotopic (exact) mass is 270 g/mol. The van der Waals surface area contributed by atoms with Gasteiger partial charge in [-0.2, -0.15) is 0 Å². The second-order valence-electron chi connectivity index (χ2n) is 6.00. The Morgan fingerprint density at radius 2 is 1.84 bits per heavy atom. The summed E-state index contributed by atoms with van der Waals surface area (Å²) in [6.45, 7) is 6.25. The Labute approximate surface area is 117 Å². The van der Waals surface area contributed by atoms with Crippen LogP contribution in [0, 0.1) is 11.8 Å². The van der Waals surface area contributed by atoms with E-state index in [4.69, 9.17) is 10.5 Å². The lowest BCUT2D eigenvalue weighted by atomic mass is 9.80. The number of hydrogen-bond donors (Lipinski definition) is 1. The van der Waals surface area contributed by atoms with Gasteiger partial charge in [0.25, 0.3) is 0 Å². The van der Waals surface area contributed by atoms with Gasteiger partial charge in [-0.25, -0.2) is 0 Å². The fraction of sp³-hybridized carbons (Fsp3) is 0.933. The van der Waals surface area contributed by atoms with Gasteiger partial charge in [0.15, 0.2) is 0 Å². The number of ether oxygens (including phenoxy) is 1. The molecule has 0 aromatic heterocycles. The molecular formula is C15H30N2O2. The number of rotatable bonds is 7. The molecule has 0 heterocycles. The Morgan fingerprint density at radius 3 is 2.32 bits per heavy atom. The van der Waals surface area contributed by atoms with E-state index >= 15 is 0 Å². The van der Waals surface area contributed by atoms with Gasteiger partial charge in [-0.15, -0.1) is 0 Å². The van der Waals surface area contributed by atoms with Crippen LogP contribution in [-0.4, -0.2) is 43.7 Å². The summed E-state index contributed by atoms with van der Waals surface area (Å²) in [5.41, 5.74) is 5.70. The quantitative estimate of drug-likeness (QED) is 0.770. The largest absolute Gasteiger partial charge is 0.383 e. The smallest absolute Gasteiger partial charge is 0.223 e. The average molecular weight is 270 g/mol. The minimum Gasteiger partial charge on any atom is -0.383 e. The number of carbonyl (C=O) groups excluding carboxylic acids is 1. The molecule has 0 aliphatic heterocycles.